The second-order valence-electron chi connectivity index (χ2n) is 6.94. The highest BCUT2D eigenvalue weighted by Crippen LogP contribution is 2.30. The van der Waals surface area contributed by atoms with Crippen LogP contribution in [0.4, 0.5) is 4.39 Å². The van der Waals surface area contributed by atoms with E-state index >= 15 is 0 Å². The van der Waals surface area contributed by atoms with Crippen molar-refractivity contribution in [3.63, 3.8) is 0 Å². The van der Waals surface area contributed by atoms with E-state index in [4.69, 9.17) is 9.47 Å². The predicted octanol–water partition coefficient (Wildman–Crippen LogP) is 4.95. The van der Waals surface area contributed by atoms with E-state index in [1.54, 1.807) is 24.3 Å². The molecule has 6 nitrogen and oxygen atoms in total. The molecule has 1 N–H and O–H groups in total. The van der Waals surface area contributed by atoms with Gasteiger partial charge in [-0.3, -0.25) is 4.79 Å². The summed E-state index contributed by atoms with van der Waals surface area (Å²) in [4.78, 5) is 24.0. The summed E-state index contributed by atoms with van der Waals surface area (Å²) in [5.41, 5.74) is 5.20. The Morgan fingerprint density at radius 3 is 2.53 bits per heavy atom. The van der Waals surface area contributed by atoms with E-state index in [2.05, 4.69) is 26.5 Å². The summed E-state index contributed by atoms with van der Waals surface area (Å²) in [6.07, 6.45) is 1.45. The lowest BCUT2D eigenvalue weighted by molar-refractivity contribution is -0.123. The van der Waals surface area contributed by atoms with E-state index in [9.17, 15) is 14.0 Å². The molecule has 0 aliphatic heterocycles. The maximum Gasteiger partial charge on any atom is 0.343 e. The van der Waals surface area contributed by atoms with Gasteiger partial charge in [0.2, 0.25) is 0 Å². The SMILES string of the molecule is Cc1cc(C)c(OCC(=O)N/N=C/c2ccc(OC(=O)c3cccc(F)c3)cc2)c(Br)c1. The Morgan fingerprint density at radius 1 is 1.09 bits per heavy atom. The summed E-state index contributed by atoms with van der Waals surface area (Å²) in [6.45, 7) is 3.70. The highest BCUT2D eigenvalue weighted by Gasteiger charge is 2.10. The Balaban J connectivity index is 1.49. The molecule has 8 heteroatoms. The number of hydrogen-bond acceptors (Lipinski definition) is 5. The summed E-state index contributed by atoms with van der Waals surface area (Å²) in [5, 5.41) is 3.89. The molecule has 3 rings (SSSR count). The maximum absolute atomic E-state index is 13.2. The third-order valence-corrected chi connectivity index (χ3v) is 4.86. The highest BCUT2D eigenvalue weighted by atomic mass is 79.9. The first-order chi connectivity index (χ1) is 15.3. The van der Waals surface area contributed by atoms with Crippen LogP contribution in [0.3, 0.4) is 0 Å². The molecule has 1 amide bonds. The van der Waals surface area contributed by atoms with Gasteiger partial charge in [-0.25, -0.2) is 14.6 Å². The van der Waals surface area contributed by atoms with Crippen LogP contribution in [0.15, 0.2) is 70.2 Å². The predicted molar refractivity (Wildman–Crippen MR) is 123 cm³/mol. The first kappa shape index (κ1) is 23.1. The maximum atomic E-state index is 13.2. The third-order valence-electron chi connectivity index (χ3n) is 4.28. The van der Waals surface area contributed by atoms with Gasteiger partial charge in [0.15, 0.2) is 6.61 Å². The minimum absolute atomic E-state index is 0.119. The number of nitrogens with one attached hydrogen (secondary N) is 1. The monoisotopic (exact) mass is 498 g/mol. The summed E-state index contributed by atoms with van der Waals surface area (Å²) < 4.78 is 24.8. The molecular weight excluding hydrogens is 479 g/mol. The lowest BCUT2D eigenvalue weighted by Crippen LogP contribution is -2.24. The average Bonchev–Trinajstić information content (AvgIpc) is 2.74. The molecule has 0 unspecified atom stereocenters. The summed E-state index contributed by atoms with van der Waals surface area (Å²) >= 11 is 3.43. The lowest BCUT2D eigenvalue weighted by Gasteiger charge is -2.11. The number of benzene rings is 3. The molecular formula is C24H20BrFN2O4. The van der Waals surface area contributed by atoms with Crippen molar-refractivity contribution in [2.45, 2.75) is 13.8 Å². The van der Waals surface area contributed by atoms with Crippen molar-refractivity contribution in [2.24, 2.45) is 5.10 Å². The van der Waals surface area contributed by atoms with E-state index < -0.39 is 17.7 Å². The lowest BCUT2D eigenvalue weighted by atomic mass is 10.1. The van der Waals surface area contributed by atoms with Crippen LogP contribution in [0.2, 0.25) is 0 Å². The molecule has 0 radical (unpaired) electrons. The van der Waals surface area contributed by atoms with Crippen molar-refractivity contribution in [1.29, 1.82) is 0 Å². The molecule has 0 aliphatic carbocycles. The van der Waals surface area contributed by atoms with E-state index in [0.29, 0.717) is 17.1 Å². The van der Waals surface area contributed by atoms with Gasteiger partial charge in [-0.05, 0) is 95.0 Å². The van der Waals surface area contributed by atoms with Crippen LogP contribution < -0.4 is 14.9 Å². The van der Waals surface area contributed by atoms with Crippen molar-refractivity contribution in [3.8, 4) is 11.5 Å². The standard InChI is InChI=1S/C24H20BrFN2O4/c1-15-10-16(2)23(21(25)11-15)31-14-22(29)28-27-13-17-6-8-20(9-7-17)32-24(30)18-4-3-5-19(26)12-18/h3-13H,14H2,1-2H3,(H,28,29)/b27-13+. The van der Waals surface area contributed by atoms with Gasteiger partial charge in [-0.15, -0.1) is 0 Å². The smallest absolute Gasteiger partial charge is 0.343 e. The zero-order valence-corrected chi connectivity index (χ0v) is 19.0. The number of carbonyl (C=O) groups excluding carboxylic acids is 2. The van der Waals surface area contributed by atoms with Gasteiger partial charge in [0.1, 0.15) is 17.3 Å². The number of amides is 1. The molecule has 3 aromatic carbocycles. The topological polar surface area (TPSA) is 77.0 Å². The zero-order valence-electron chi connectivity index (χ0n) is 17.4. The van der Waals surface area contributed by atoms with Crippen molar-refractivity contribution >= 4 is 34.0 Å². The second kappa shape index (κ2) is 10.7. The minimum Gasteiger partial charge on any atom is -0.482 e. The summed E-state index contributed by atoms with van der Waals surface area (Å²) in [6, 6.07) is 15.6. The van der Waals surface area contributed by atoms with Gasteiger partial charge in [-0.1, -0.05) is 12.1 Å². The number of aryl methyl sites for hydroxylation is 2. The van der Waals surface area contributed by atoms with Gasteiger partial charge >= 0.3 is 5.97 Å². The Kier molecular flexibility index (Phi) is 7.72. The Labute approximate surface area is 193 Å². The van der Waals surface area contributed by atoms with Crippen molar-refractivity contribution in [1.82, 2.24) is 5.43 Å². The van der Waals surface area contributed by atoms with Crippen molar-refractivity contribution in [3.05, 3.63) is 93.2 Å². The highest BCUT2D eigenvalue weighted by molar-refractivity contribution is 9.10. The fraction of sp³-hybridized carbons (Fsp3) is 0.125. The molecule has 0 saturated carbocycles. The van der Waals surface area contributed by atoms with Crippen LogP contribution in [0.1, 0.15) is 27.0 Å². The zero-order chi connectivity index (χ0) is 23.1. The first-order valence-corrected chi connectivity index (χ1v) is 10.4. The second-order valence-corrected chi connectivity index (χ2v) is 7.80. The molecule has 0 saturated heterocycles. The van der Waals surface area contributed by atoms with Gasteiger partial charge in [0, 0.05) is 0 Å². The molecule has 0 aliphatic rings. The Bertz CT molecular complexity index is 1140. The molecule has 0 atom stereocenters. The number of carbonyl (C=O) groups is 2. The van der Waals surface area contributed by atoms with Crippen LogP contribution >= 0.6 is 15.9 Å². The number of esters is 1. The number of halogens is 2. The van der Waals surface area contributed by atoms with Crippen LogP contribution in [0, 0.1) is 19.7 Å². The van der Waals surface area contributed by atoms with Crippen LogP contribution in [0.25, 0.3) is 0 Å². The fourth-order valence-corrected chi connectivity index (χ4v) is 3.63. The van der Waals surface area contributed by atoms with E-state index in [0.717, 1.165) is 21.7 Å². The quantitative estimate of drug-likeness (QED) is 0.216. The van der Waals surface area contributed by atoms with Crippen LogP contribution in [0.5, 0.6) is 11.5 Å². The number of hydrogen-bond donors (Lipinski definition) is 1. The largest absolute Gasteiger partial charge is 0.482 e. The molecule has 0 spiro atoms. The van der Waals surface area contributed by atoms with E-state index in [1.807, 2.05) is 26.0 Å². The number of hydrazone groups is 1. The molecule has 164 valence electrons. The normalized spacial score (nSPS) is 10.8. The molecule has 3 aromatic rings. The Morgan fingerprint density at radius 2 is 1.84 bits per heavy atom. The van der Waals surface area contributed by atoms with Crippen molar-refractivity contribution < 1.29 is 23.5 Å². The van der Waals surface area contributed by atoms with Crippen molar-refractivity contribution in [2.75, 3.05) is 6.61 Å². The fourth-order valence-electron chi connectivity index (χ4n) is 2.84. The Hall–Kier alpha value is -3.52. The van der Waals surface area contributed by atoms with Gasteiger partial charge in [0.25, 0.3) is 5.91 Å². The molecule has 0 fully saturated rings. The van der Waals surface area contributed by atoms with Gasteiger partial charge in [-0.2, -0.15) is 5.10 Å². The van der Waals surface area contributed by atoms with E-state index in [-0.39, 0.29) is 12.2 Å². The summed E-state index contributed by atoms with van der Waals surface area (Å²) in [5.74, 6) is -0.673. The average molecular weight is 499 g/mol. The number of ether oxygens (including phenoxy) is 2. The van der Waals surface area contributed by atoms with Gasteiger partial charge < -0.3 is 9.47 Å². The minimum atomic E-state index is -0.659. The van der Waals surface area contributed by atoms with Crippen LogP contribution in [-0.2, 0) is 4.79 Å². The summed E-state index contributed by atoms with van der Waals surface area (Å²) in [7, 11) is 0. The number of rotatable bonds is 7. The molecule has 0 heterocycles. The molecule has 32 heavy (non-hydrogen) atoms. The number of nitrogens with zero attached hydrogens (tertiary/aromatic N) is 1. The molecule has 0 aromatic heterocycles. The van der Waals surface area contributed by atoms with Gasteiger partial charge in [0.05, 0.1) is 16.3 Å². The third kappa shape index (κ3) is 6.49. The first-order valence-electron chi connectivity index (χ1n) is 9.61. The van der Waals surface area contributed by atoms with Crippen LogP contribution in [-0.4, -0.2) is 24.7 Å². The molecule has 0 bridgehead atoms. The van der Waals surface area contributed by atoms with E-state index in [1.165, 1.54) is 24.4 Å².